The van der Waals surface area contributed by atoms with E-state index in [0.717, 1.165) is 67.6 Å². The van der Waals surface area contributed by atoms with Gasteiger partial charge in [-0.05, 0) is 68.8 Å². The molecule has 1 saturated heterocycles. The second-order valence-corrected chi connectivity index (χ2v) is 11.2. The lowest BCUT2D eigenvalue weighted by Gasteiger charge is -2.58. The summed E-state index contributed by atoms with van der Waals surface area (Å²) in [5, 5.41) is 24.9. The molecule has 6 aliphatic rings. The van der Waals surface area contributed by atoms with Crippen molar-refractivity contribution in [2.45, 2.75) is 69.2 Å². The van der Waals surface area contributed by atoms with Gasteiger partial charge < -0.3 is 30.8 Å². The predicted molar refractivity (Wildman–Crippen MR) is 127 cm³/mol. The van der Waals surface area contributed by atoms with E-state index in [1.54, 1.807) is 0 Å². The lowest BCUT2D eigenvalue weighted by atomic mass is 9.52. The first-order valence-corrected chi connectivity index (χ1v) is 12.9. The zero-order valence-electron chi connectivity index (χ0n) is 19.7. The number of fused-ring (bicyclic) bond motifs is 3. The second kappa shape index (κ2) is 7.83. The molecule has 4 unspecified atom stereocenters. The molecule has 5 fully saturated rings. The maximum atomic E-state index is 12.8. The number of rotatable bonds is 4. The molecule has 2 amide bonds. The van der Waals surface area contributed by atoms with Crippen LogP contribution in [0.3, 0.4) is 0 Å². The van der Waals surface area contributed by atoms with Gasteiger partial charge in [-0.1, -0.05) is 0 Å². The van der Waals surface area contributed by atoms with Gasteiger partial charge in [-0.15, -0.1) is 0 Å². The lowest BCUT2D eigenvalue weighted by Crippen LogP contribution is -2.55. The molecule has 8 rings (SSSR count). The van der Waals surface area contributed by atoms with Crippen LogP contribution < -0.4 is 16.0 Å². The van der Waals surface area contributed by atoms with Gasteiger partial charge in [-0.3, -0.25) is 14.3 Å². The average molecular weight is 481 g/mol. The quantitative estimate of drug-likeness (QED) is 0.426. The average Bonchev–Trinajstić information content (AvgIpc) is 3.56. The third kappa shape index (κ3) is 3.48. The Morgan fingerprint density at radius 2 is 2.06 bits per heavy atom. The van der Waals surface area contributed by atoms with Crippen LogP contribution in [-0.4, -0.2) is 56.5 Å². The van der Waals surface area contributed by atoms with E-state index in [0.29, 0.717) is 43.3 Å². The molecule has 186 valence electrons. The summed E-state index contributed by atoms with van der Waals surface area (Å²) in [7, 11) is 0. The first-order chi connectivity index (χ1) is 17.0. The maximum Gasteiger partial charge on any atom is 0.314 e. The van der Waals surface area contributed by atoms with Crippen molar-refractivity contribution in [1.82, 2.24) is 20.1 Å². The number of carbonyl (C=O) groups is 2. The van der Waals surface area contributed by atoms with Crippen LogP contribution in [0, 0.1) is 17.8 Å². The highest BCUT2D eigenvalue weighted by molar-refractivity contribution is 6.39. The van der Waals surface area contributed by atoms with Crippen molar-refractivity contribution in [2.75, 3.05) is 23.8 Å². The SMILES string of the molecule is O=C(NCC1CCCO1)C(=O)Nc1nn(C2[C@@H]3CC4C[C@H]2CC(O)(C4)C3)c2c1CNc1[nH]ccc1-2. The van der Waals surface area contributed by atoms with Crippen molar-refractivity contribution in [3.63, 3.8) is 0 Å². The van der Waals surface area contributed by atoms with Crippen molar-refractivity contribution in [1.29, 1.82) is 0 Å². The number of hydrogen-bond acceptors (Lipinski definition) is 6. The summed E-state index contributed by atoms with van der Waals surface area (Å²) in [6.45, 7) is 1.54. The largest absolute Gasteiger partial charge is 0.390 e. The summed E-state index contributed by atoms with van der Waals surface area (Å²) in [5.41, 5.74) is 2.39. The molecule has 4 bridgehead atoms. The lowest BCUT2D eigenvalue weighted by molar-refractivity contribution is -0.148. The Kier molecular flexibility index (Phi) is 4.79. The molecular formula is C25H32N6O4. The summed E-state index contributed by atoms with van der Waals surface area (Å²) >= 11 is 0. The van der Waals surface area contributed by atoms with E-state index in [2.05, 4.69) is 25.6 Å². The molecule has 4 heterocycles. The van der Waals surface area contributed by atoms with Gasteiger partial charge in [-0.2, -0.15) is 5.10 Å². The Hall–Kier alpha value is -2.85. The van der Waals surface area contributed by atoms with Crippen LogP contribution >= 0.6 is 0 Å². The summed E-state index contributed by atoms with van der Waals surface area (Å²) in [6, 6.07) is 2.21. The summed E-state index contributed by atoms with van der Waals surface area (Å²) in [5.74, 6) is 1.31. The van der Waals surface area contributed by atoms with Crippen molar-refractivity contribution >= 4 is 23.5 Å². The smallest absolute Gasteiger partial charge is 0.314 e. The van der Waals surface area contributed by atoms with Crippen LogP contribution in [0.4, 0.5) is 11.6 Å². The zero-order valence-corrected chi connectivity index (χ0v) is 19.7. The Bertz CT molecular complexity index is 1160. The highest BCUT2D eigenvalue weighted by Gasteiger charge is 2.56. The topological polar surface area (TPSA) is 133 Å². The van der Waals surface area contributed by atoms with Crippen molar-refractivity contribution in [3.8, 4) is 11.3 Å². The molecule has 0 spiro atoms. The van der Waals surface area contributed by atoms with Gasteiger partial charge in [0.25, 0.3) is 0 Å². The Morgan fingerprint density at radius 1 is 1.23 bits per heavy atom. The van der Waals surface area contributed by atoms with E-state index in [1.807, 2.05) is 12.3 Å². The second-order valence-electron chi connectivity index (χ2n) is 11.2. The molecule has 2 aromatic heterocycles. The third-order valence-electron chi connectivity index (χ3n) is 8.88. The Balaban J connectivity index is 1.19. The van der Waals surface area contributed by atoms with E-state index >= 15 is 0 Å². The van der Waals surface area contributed by atoms with Gasteiger partial charge in [-0.25, -0.2) is 0 Å². The minimum Gasteiger partial charge on any atom is -0.390 e. The van der Waals surface area contributed by atoms with Crippen LogP contribution in [0.2, 0.25) is 0 Å². The van der Waals surface area contributed by atoms with Gasteiger partial charge in [0, 0.05) is 37.0 Å². The molecule has 4 aliphatic carbocycles. The summed E-state index contributed by atoms with van der Waals surface area (Å²) < 4.78 is 7.64. The fraction of sp³-hybridized carbons (Fsp3) is 0.640. The van der Waals surface area contributed by atoms with Gasteiger partial charge in [0.1, 0.15) is 5.82 Å². The van der Waals surface area contributed by atoms with Crippen molar-refractivity contribution in [2.24, 2.45) is 17.8 Å². The van der Waals surface area contributed by atoms with Crippen LogP contribution in [-0.2, 0) is 20.9 Å². The fourth-order valence-corrected chi connectivity index (χ4v) is 7.74. The van der Waals surface area contributed by atoms with E-state index < -0.39 is 17.4 Å². The molecule has 10 heteroatoms. The van der Waals surface area contributed by atoms with E-state index in [1.165, 1.54) is 0 Å². The summed E-state index contributed by atoms with van der Waals surface area (Å²) in [6.07, 6.45) is 8.53. The van der Waals surface area contributed by atoms with Crippen LogP contribution in [0.1, 0.15) is 56.6 Å². The maximum absolute atomic E-state index is 12.8. The number of amides is 2. The van der Waals surface area contributed by atoms with Crippen molar-refractivity contribution < 1.29 is 19.4 Å². The number of hydrogen-bond donors (Lipinski definition) is 5. The highest BCUT2D eigenvalue weighted by atomic mass is 16.5. The molecule has 0 aromatic carbocycles. The number of aromatic nitrogens is 3. The van der Waals surface area contributed by atoms with Crippen LogP contribution in [0.25, 0.3) is 11.3 Å². The minimum absolute atomic E-state index is 0.0262. The number of anilines is 2. The number of carbonyl (C=O) groups excluding carboxylic acids is 2. The minimum atomic E-state index is -0.713. The van der Waals surface area contributed by atoms with Crippen LogP contribution in [0.5, 0.6) is 0 Å². The van der Waals surface area contributed by atoms with Gasteiger partial charge >= 0.3 is 11.8 Å². The standard InChI is InChI=1S/C25H32N6O4/c32-23(28-11-16-2-1-5-35-16)24(33)29-22-18-12-27-21-17(3-4-26-21)20(18)31(30-22)19-14-6-13-7-15(19)10-25(34,8-13)9-14/h3-4,13-16,19,26-27,34H,1-2,5-12H2,(H,28,32)(H,29,30,33)/t13?,14-,15+,16?,19?,25?. The third-order valence-corrected chi connectivity index (χ3v) is 8.88. The Labute approximate surface area is 203 Å². The molecule has 35 heavy (non-hydrogen) atoms. The number of H-pyrrole nitrogens is 1. The molecule has 0 radical (unpaired) electrons. The zero-order chi connectivity index (χ0) is 23.7. The molecule has 10 nitrogen and oxygen atoms in total. The number of nitrogens with zero attached hydrogens (tertiary/aromatic N) is 2. The van der Waals surface area contributed by atoms with E-state index in [9.17, 15) is 14.7 Å². The van der Waals surface area contributed by atoms with E-state index in [-0.39, 0.29) is 12.1 Å². The number of nitrogens with one attached hydrogen (secondary N) is 4. The predicted octanol–water partition coefficient (Wildman–Crippen LogP) is 2.15. The normalized spacial score (nSPS) is 34.3. The molecule has 4 saturated carbocycles. The van der Waals surface area contributed by atoms with Gasteiger partial charge in [0.05, 0.1) is 23.4 Å². The Morgan fingerprint density at radius 3 is 2.80 bits per heavy atom. The first kappa shape index (κ1) is 21.4. The monoisotopic (exact) mass is 480 g/mol. The number of aromatic amines is 1. The van der Waals surface area contributed by atoms with Crippen molar-refractivity contribution in [3.05, 3.63) is 17.8 Å². The number of aliphatic hydroxyl groups is 1. The highest BCUT2D eigenvalue weighted by Crippen LogP contribution is 2.60. The van der Waals surface area contributed by atoms with Crippen LogP contribution in [0.15, 0.2) is 12.3 Å². The fourth-order valence-electron chi connectivity index (χ4n) is 7.74. The molecule has 6 atom stereocenters. The first-order valence-electron chi connectivity index (χ1n) is 12.9. The number of ether oxygens (including phenoxy) is 1. The molecule has 2 aliphatic heterocycles. The molecular weight excluding hydrogens is 448 g/mol. The summed E-state index contributed by atoms with van der Waals surface area (Å²) in [4.78, 5) is 28.6. The molecule has 2 aromatic rings. The van der Waals surface area contributed by atoms with Gasteiger partial charge in [0.15, 0.2) is 5.82 Å². The molecule has 5 N–H and O–H groups in total. The van der Waals surface area contributed by atoms with E-state index in [4.69, 9.17) is 9.84 Å². The van der Waals surface area contributed by atoms with Gasteiger partial charge in [0.2, 0.25) is 0 Å².